The monoisotopic (exact) mass is 275 g/mol. The molecule has 0 aromatic heterocycles. The van der Waals surface area contributed by atoms with E-state index in [0.29, 0.717) is 16.9 Å². The van der Waals surface area contributed by atoms with Crippen molar-refractivity contribution in [1.82, 2.24) is 0 Å². The standard InChI is InChI=1S/C19H33N/c1-3-4-5-6-7-8-17(20)19-12-15-9-16(13-19)11-18(2,10-15)14-19/h3,15-17H,1,4-14,20H2,2H3. The first-order valence-corrected chi connectivity index (χ1v) is 8.92. The van der Waals surface area contributed by atoms with Crippen molar-refractivity contribution in [2.75, 3.05) is 0 Å². The van der Waals surface area contributed by atoms with Gasteiger partial charge >= 0.3 is 0 Å². The fourth-order valence-corrected chi connectivity index (χ4v) is 6.37. The number of nitrogens with two attached hydrogens (primary N) is 1. The van der Waals surface area contributed by atoms with Gasteiger partial charge in [0.05, 0.1) is 0 Å². The van der Waals surface area contributed by atoms with E-state index in [1.54, 1.807) is 0 Å². The Bertz CT molecular complexity index is 345. The van der Waals surface area contributed by atoms with E-state index in [9.17, 15) is 0 Å². The summed E-state index contributed by atoms with van der Waals surface area (Å²) in [6.45, 7) is 6.35. The molecule has 0 aliphatic heterocycles. The fraction of sp³-hybridized carbons (Fsp3) is 0.895. The molecule has 0 aromatic carbocycles. The second-order valence-corrected chi connectivity index (χ2v) is 8.67. The van der Waals surface area contributed by atoms with E-state index >= 15 is 0 Å². The first kappa shape index (κ1) is 14.6. The number of hydrogen-bond donors (Lipinski definition) is 1. The summed E-state index contributed by atoms with van der Waals surface area (Å²) in [7, 11) is 0. The second kappa shape index (κ2) is 5.48. The van der Waals surface area contributed by atoms with Gasteiger partial charge in [0.1, 0.15) is 0 Å². The average molecular weight is 275 g/mol. The van der Waals surface area contributed by atoms with Crippen LogP contribution in [0.4, 0.5) is 0 Å². The molecular weight excluding hydrogens is 242 g/mol. The molecule has 0 radical (unpaired) electrons. The Morgan fingerprint density at radius 3 is 2.45 bits per heavy atom. The van der Waals surface area contributed by atoms with Crippen LogP contribution in [0.1, 0.15) is 77.6 Å². The molecule has 0 saturated heterocycles. The van der Waals surface area contributed by atoms with E-state index < -0.39 is 0 Å². The Labute approximate surface area is 125 Å². The summed E-state index contributed by atoms with van der Waals surface area (Å²) in [4.78, 5) is 0. The van der Waals surface area contributed by atoms with Gasteiger partial charge in [0.15, 0.2) is 0 Å². The molecule has 0 spiro atoms. The molecule has 0 aromatic rings. The lowest BCUT2D eigenvalue weighted by Crippen LogP contribution is -2.57. The average Bonchev–Trinajstić information content (AvgIpc) is 2.35. The van der Waals surface area contributed by atoms with Gasteiger partial charge in [0.2, 0.25) is 0 Å². The maximum atomic E-state index is 6.73. The molecule has 3 unspecified atom stereocenters. The molecule has 4 aliphatic carbocycles. The minimum absolute atomic E-state index is 0.469. The highest BCUT2D eigenvalue weighted by Gasteiger charge is 2.57. The van der Waals surface area contributed by atoms with Crippen LogP contribution in [0.3, 0.4) is 0 Å². The van der Waals surface area contributed by atoms with Crippen LogP contribution in [-0.4, -0.2) is 6.04 Å². The van der Waals surface area contributed by atoms with Crippen LogP contribution in [0.25, 0.3) is 0 Å². The van der Waals surface area contributed by atoms with E-state index in [-0.39, 0.29) is 0 Å². The van der Waals surface area contributed by atoms with Crippen LogP contribution in [0.5, 0.6) is 0 Å². The van der Waals surface area contributed by atoms with Gasteiger partial charge < -0.3 is 5.73 Å². The predicted octanol–water partition coefficient (Wildman–Crippen LogP) is 5.06. The lowest BCUT2D eigenvalue weighted by atomic mass is 9.43. The van der Waals surface area contributed by atoms with Gasteiger partial charge in [-0.15, -0.1) is 6.58 Å². The molecule has 1 nitrogen and oxygen atoms in total. The number of hydrogen-bond acceptors (Lipinski definition) is 1. The lowest BCUT2D eigenvalue weighted by Gasteiger charge is -2.63. The zero-order chi connectivity index (χ0) is 14.2. The molecular formula is C19H33N. The molecule has 1 heteroatoms. The van der Waals surface area contributed by atoms with Gasteiger partial charge in [-0.25, -0.2) is 0 Å². The van der Waals surface area contributed by atoms with Crippen molar-refractivity contribution in [1.29, 1.82) is 0 Å². The molecule has 4 aliphatic rings. The molecule has 20 heavy (non-hydrogen) atoms. The summed E-state index contributed by atoms with van der Waals surface area (Å²) in [6.07, 6.45) is 17.3. The summed E-state index contributed by atoms with van der Waals surface area (Å²) in [5.41, 5.74) is 7.89. The summed E-state index contributed by atoms with van der Waals surface area (Å²) in [5, 5.41) is 0. The van der Waals surface area contributed by atoms with Crippen LogP contribution >= 0.6 is 0 Å². The van der Waals surface area contributed by atoms with E-state index in [4.69, 9.17) is 5.73 Å². The molecule has 2 N–H and O–H groups in total. The van der Waals surface area contributed by atoms with Crippen LogP contribution in [0.15, 0.2) is 12.7 Å². The maximum absolute atomic E-state index is 6.73. The molecule has 114 valence electrons. The highest BCUT2D eigenvalue weighted by molar-refractivity contribution is 5.09. The van der Waals surface area contributed by atoms with Crippen molar-refractivity contribution in [3.05, 3.63) is 12.7 Å². The van der Waals surface area contributed by atoms with Crippen LogP contribution in [0.2, 0.25) is 0 Å². The zero-order valence-corrected chi connectivity index (χ0v) is 13.4. The minimum atomic E-state index is 0.469. The van der Waals surface area contributed by atoms with Gasteiger partial charge in [0.25, 0.3) is 0 Å². The number of allylic oxidation sites excluding steroid dienone is 1. The summed E-state index contributed by atoms with van der Waals surface area (Å²) < 4.78 is 0. The Kier molecular flexibility index (Phi) is 4.01. The van der Waals surface area contributed by atoms with Crippen molar-refractivity contribution in [2.45, 2.75) is 83.6 Å². The Morgan fingerprint density at radius 2 is 1.85 bits per heavy atom. The normalized spacial score (nSPS) is 43.7. The molecule has 0 heterocycles. The van der Waals surface area contributed by atoms with Gasteiger partial charge in [0, 0.05) is 6.04 Å². The van der Waals surface area contributed by atoms with E-state index in [2.05, 4.69) is 13.5 Å². The van der Waals surface area contributed by atoms with Crippen molar-refractivity contribution in [3.63, 3.8) is 0 Å². The first-order chi connectivity index (χ1) is 9.55. The largest absolute Gasteiger partial charge is 0.327 e. The highest BCUT2D eigenvalue weighted by atomic mass is 14.7. The van der Waals surface area contributed by atoms with Crippen LogP contribution < -0.4 is 5.73 Å². The summed E-state index contributed by atoms with van der Waals surface area (Å²) >= 11 is 0. The van der Waals surface area contributed by atoms with E-state index in [1.165, 1.54) is 70.6 Å². The van der Waals surface area contributed by atoms with Crippen molar-refractivity contribution in [2.24, 2.45) is 28.4 Å². The van der Waals surface area contributed by atoms with Crippen LogP contribution in [-0.2, 0) is 0 Å². The zero-order valence-electron chi connectivity index (χ0n) is 13.4. The predicted molar refractivity (Wildman–Crippen MR) is 86.5 cm³/mol. The van der Waals surface area contributed by atoms with Gasteiger partial charge in [-0.3, -0.25) is 0 Å². The summed E-state index contributed by atoms with van der Waals surface area (Å²) in [5.74, 6) is 2.01. The maximum Gasteiger partial charge on any atom is 0.00959 e. The number of unbranched alkanes of at least 4 members (excludes halogenated alkanes) is 3. The Hall–Kier alpha value is -0.300. The summed E-state index contributed by atoms with van der Waals surface area (Å²) in [6, 6.07) is 0.469. The van der Waals surface area contributed by atoms with Crippen molar-refractivity contribution < 1.29 is 0 Å². The third kappa shape index (κ3) is 2.71. The van der Waals surface area contributed by atoms with Gasteiger partial charge in [-0.05, 0) is 80.5 Å². The van der Waals surface area contributed by atoms with E-state index in [0.717, 1.165) is 11.8 Å². The molecule has 3 atom stereocenters. The Balaban J connectivity index is 1.57. The molecule has 4 rings (SSSR count). The molecule has 4 saturated carbocycles. The smallest absolute Gasteiger partial charge is 0.00959 e. The number of rotatable bonds is 7. The third-order valence-electron chi connectivity index (χ3n) is 6.61. The van der Waals surface area contributed by atoms with Crippen molar-refractivity contribution >= 4 is 0 Å². The highest BCUT2D eigenvalue weighted by Crippen LogP contribution is 2.66. The minimum Gasteiger partial charge on any atom is -0.327 e. The quantitative estimate of drug-likeness (QED) is 0.510. The lowest BCUT2D eigenvalue weighted by molar-refractivity contribution is -0.114. The van der Waals surface area contributed by atoms with Gasteiger partial charge in [-0.1, -0.05) is 25.8 Å². The van der Waals surface area contributed by atoms with Crippen molar-refractivity contribution in [3.8, 4) is 0 Å². The van der Waals surface area contributed by atoms with Gasteiger partial charge in [-0.2, -0.15) is 0 Å². The third-order valence-corrected chi connectivity index (χ3v) is 6.61. The Morgan fingerprint density at radius 1 is 1.15 bits per heavy atom. The molecule has 4 bridgehead atoms. The fourth-order valence-electron chi connectivity index (χ4n) is 6.37. The topological polar surface area (TPSA) is 26.0 Å². The SMILES string of the molecule is C=CCCCCCC(N)C12CC3CC(CC(C)(C3)C1)C2. The molecule has 0 amide bonds. The first-order valence-electron chi connectivity index (χ1n) is 8.92. The second-order valence-electron chi connectivity index (χ2n) is 8.67. The van der Waals surface area contributed by atoms with E-state index in [1.807, 2.05) is 6.08 Å². The molecule has 4 fully saturated rings. The van der Waals surface area contributed by atoms with Crippen LogP contribution in [0, 0.1) is 22.7 Å².